The Hall–Kier alpha value is -1.06. The minimum atomic E-state index is -0.539. The normalized spacial score (nSPS) is 22.8. The van der Waals surface area contributed by atoms with E-state index in [1.165, 1.54) is 6.42 Å². The molecule has 13 heavy (non-hydrogen) atoms. The molecule has 0 bridgehead atoms. The van der Waals surface area contributed by atoms with Gasteiger partial charge >= 0.3 is 0 Å². The highest BCUT2D eigenvalue weighted by Gasteiger charge is 2.21. The van der Waals surface area contributed by atoms with Crippen LogP contribution < -0.4 is 5.73 Å². The van der Waals surface area contributed by atoms with Crippen molar-refractivity contribution in [2.75, 3.05) is 13.1 Å². The van der Waals surface area contributed by atoms with Crippen molar-refractivity contribution >= 4 is 11.8 Å². The van der Waals surface area contributed by atoms with E-state index in [4.69, 9.17) is 5.73 Å². The van der Waals surface area contributed by atoms with Crippen LogP contribution in [0.15, 0.2) is 0 Å². The molecule has 4 heteroatoms. The second kappa shape index (κ2) is 4.25. The summed E-state index contributed by atoms with van der Waals surface area (Å²) in [5.74, 6) is -0.118. The smallest absolute Gasteiger partial charge is 0.232 e. The van der Waals surface area contributed by atoms with E-state index < -0.39 is 5.91 Å². The highest BCUT2D eigenvalue weighted by Crippen LogP contribution is 2.15. The van der Waals surface area contributed by atoms with Gasteiger partial charge in [0.1, 0.15) is 6.42 Å². The Morgan fingerprint density at radius 2 is 2.23 bits per heavy atom. The maximum atomic E-state index is 11.4. The van der Waals surface area contributed by atoms with Crippen molar-refractivity contribution in [1.82, 2.24) is 4.90 Å². The Morgan fingerprint density at radius 1 is 1.54 bits per heavy atom. The molecule has 2 N–H and O–H groups in total. The van der Waals surface area contributed by atoms with Crippen LogP contribution in [0, 0.1) is 5.92 Å². The van der Waals surface area contributed by atoms with Crippen molar-refractivity contribution in [1.29, 1.82) is 0 Å². The van der Waals surface area contributed by atoms with E-state index in [1.54, 1.807) is 4.90 Å². The largest absolute Gasteiger partial charge is 0.369 e. The lowest BCUT2D eigenvalue weighted by atomic mass is 10.00. The molecule has 1 unspecified atom stereocenters. The molecular weight excluding hydrogens is 168 g/mol. The van der Waals surface area contributed by atoms with Gasteiger partial charge in [-0.3, -0.25) is 9.59 Å². The number of nitrogens with two attached hydrogens (primary N) is 1. The van der Waals surface area contributed by atoms with E-state index in [9.17, 15) is 9.59 Å². The van der Waals surface area contributed by atoms with Crippen LogP contribution in [0.3, 0.4) is 0 Å². The molecule has 1 heterocycles. The Kier molecular flexibility index (Phi) is 3.28. The maximum Gasteiger partial charge on any atom is 0.232 e. The van der Waals surface area contributed by atoms with Gasteiger partial charge in [0, 0.05) is 13.1 Å². The average Bonchev–Trinajstić information content (AvgIpc) is 2.03. The lowest BCUT2D eigenvalue weighted by Gasteiger charge is -2.30. The predicted octanol–water partition coefficient (Wildman–Crippen LogP) is 0.120. The van der Waals surface area contributed by atoms with Gasteiger partial charge in [0.15, 0.2) is 0 Å². The number of carbonyl (C=O) groups is 2. The van der Waals surface area contributed by atoms with E-state index in [2.05, 4.69) is 6.92 Å². The fourth-order valence-electron chi connectivity index (χ4n) is 1.68. The summed E-state index contributed by atoms with van der Waals surface area (Å²) in [4.78, 5) is 23.6. The maximum absolute atomic E-state index is 11.4. The minimum absolute atomic E-state index is 0.126. The van der Waals surface area contributed by atoms with Crippen molar-refractivity contribution in [3.63, 3.8) is 0 Å². The van der Waals surface area contributed by atoms with E-state index in [0.717, 1.165) is 19.5 Å². The molecule has 0 aromatic carbocycles. The standard InChI is InChI=1S/C9H16N2O2/c1-7-3-2-4-11(6-7)9(13)5-8(10)12/h7H,2-6H2,1H3,(H2,10,12). The highest BCUT2D eigenvalue weighted by molar-refractivity contribution is 5.96. The third-order valence-corrected chi connectivity index (χ3v) is 2.34. The first-order valence-electron chi connectivity index (χ1n) is 4.65. The number of hydrogen-bond donors (Lipinski definition) is 1. The monoisotopic (exact) mass is 184 g/mol. The van der Waals surface area contributed by atoms with Gasteiger partial charge in [-0.2, -0.15) is 0 Å². The van der Waals surface area contributed by atoms with Gasteiger partial charge in [-0.1, -0.05) is 6.92 Å². The summed E-state index contributed by atoms with van der Waals surface area (Å²) in [7, 11) is 0. The summed E-state index contributed by atoms with van der Waals surface area (Å²) >= 11 is 0. The fraction of sp³-hybridized carbons (Fsp3) is 0.778. The van der Waals surface area contributed by atoms with Gasteiger partial charge in [-0.05, 0) is 18.8 Å². The number of piperidine rings is 1. The molecule has 1 fully saturated rings. The molecule has 4 nitrogen and oxygen atoms in total. The van der Waals surface area contributed by atoms with Crippen LogP contribution in [0.1, 0.15) is 26.2 Å². The SMILES string of the molecule is CC1CCCN(C(=O)CC(N)=O)C1. The zero-order valence-corrected chi connectivity index (χ0v) is 7.95. The minimum Gasteiger partial charge on any atom is -0.369 e. The summed E-state index contributed by atoms with van der Waals surface area (Å²) < 4.78 is 0. The molecule has 0 aliphatic carbocycles. The number of primary amides is 1. The van der Waals surface area contributed by atoms with Crippen molar-refractivity contribution in [2.45, 2.75) is 26.2 Å². The van der Waals surface area contributed by atoms with Crippen molar-refractivity contribution < 1.29 is 9.59 Å². The van der Waals surface area contributed by atoms with Gasteiger partial charge in [0.2, 0.25) is 11.8 Å². The van der Waals surface area contributed by atoms with Gasteiger partial charge in [-0.15, -0.1) is 0 Å². The molecule has 1 atom stereocenters. The molecular formula is C9H16N2O2. The molecule has 74 valence electrons. The van der Waals surface area contributed by atoms with E-state index in [0.29, 0.717) is 5.92 Å². The Labute approximate surface area is 78.1 Å². The third kappa shape index (κ3) is 3.05. The van der Waals surface area contributed by atoms with Crippen LogP contribution in [-0.4, -0.2) is 29.8 Å². The summed E-state index contributed by atoms with van der Waals surface area (Å²) in [6, 6.07) is 0. The van der Waals surface area contributed by atoms with Crippen LogP contribution in [0.2, 0.25) is 0 Å². The highest BCUT2D eigenvalue weighted by atomic mass is 16.2. The van der Waals surface area contributed by atoms with Gasteiger partial charge in [-0.25, -0.2) is 0 Å². The molecule has 0 spiro atoms. The summed E-state index contributed by atoms with van der Waals surface area (Å²) in [6.07, 6.45) is 2.05. The Balaban J connectivity index is 2.41. The molecule has 1 aliphatic heterocycles. The predicted molar refractivity (Wildman–Crippen MR) is 48.8 cm³/mol. The van der Waals surface area contributed by atoms with Gasteiger partial charge in [0.25, 0.3) is 0 Å². The topological polar surface area (TPSA) is 63.4 Å². The molecule has 0 saturated carbocycles. The second-order valence-corrected chi connectivity index (χ2v) is 3.73. The van der Waals surface area contributed by atoms with Crippen LogP contribution >= 0.6 is 0 Å². The van der Waals surface area contributed by atoms with E-state index in [-0.39, 0.29) is 12.3 Å². The third-order valence-electron chi connectivity index (χ3n) is 2.34. The zero-order chi connectivity index (χ0) is 9.84. The lowest BCUT2D eigenvalue weighted by molar-refractivity contribution is -0.136. The first-order valence-corrected chi connectivity index (χ1v) is 4.65. The van der Waals surface area contributed by atoms with E-state index in [1.807, 2.05) is 0 Å². The number of likely N-dealkylation sites (tertiary alicyclic amines) is 1. The quantitative estimate of drug-likeness (QED) is 0.619. The van der Waals surface area contributed by atoms with Crippen molar-refractivity contribution in [3.05, 3.63) is 0 Å². The Morgan fingerprint density at radius 3 is 2.77 bits per heavy atom. The molecule has 0 radical (unpaired) electrons. The Bertz CT molecular complexity index is 216. The van der Waals surface area contributed by atoms with Crippen molar-refractivity contribution in [3.8, 4) is 0 Å². The first-order chi connectivity index (χ1) is 6.09. The molecule has 1 saturated heterocycles. The number of carbonyl (C=O) groups excluding carboxylic acids is 2. The average molecular weight is 184 g/mol. The van der Waals surface area contributed by atoms with Crippen LogP contribution in [0.25, 0.3) is 0 Å². The van der Waals surface area contributed by atoms with Gasteiger partial charge < -0.3 is 10.6 Å². The fourth-order valence-corrected chi connectivity index (χ4v) is 1.68. The van der Waals surface area contributed by atoms with Crippen LogP contribution in [-0.2, 0) is 9.59 Å². The summed E-state index contributed by atoms with van der Waals surface area (Å²) in [5.41, 5.74) is 4.95. The molecule has 0 aromatic rings. The number of nitrogens with zero attached hydrogens (tertiary/aromatic N) is 1. The zero-order valence-electron chi connectivity index (χ0n) is 7.95. The summed E-state index contributed by atoms with van der Waals surface area (Å²) in [5, 5.41) is 0. The van der Waals surface area contributed by atoms with E-state index >= 15 is 0 Å². The summed E-state index contributed by atoms with van der Waals surface area (Å²) in [6.45, 7) is 3.66. The molecule has 1 rings (SSSR count). The second-order valence-electron chi connectivity index (χ2n) is 3.73. The number of amides is 2. The molecule has 2 amide bonds. The van der Waals surface area contributed by atoms with Crippen molar-refractivity contribution in [2.24, 2.45) is 11.7 Å². The lowest BCUT2D eigenvalue weighted by Crippen LogP contribution is -2.40. The van der Waals surface area contributed by atoms with Crippen LogP contribution in [0.4, 0.5) is 0 Å². The van der Waals surface area contributed by atoms with Gasteiger partial charge in [0.05, 0.1) is 0 Å². The number of rotatable bonds is 2. The molecule has 1 aliphatic rings. The van der Waals surface area contributed by atoms with Crippen LogP contribution in [0.5, 0.6) is 0 Å². The first kappa shape index (κ1) is 10.0. The number of hydrogen-bond acceptors (Lipinski definition) is 2. The molecule has 0 aromatic heterocycles.